The highest BCUT2D eigenvalue weighted by atomic mass is 15.1. The molecule has 0 N–H and O–H groups in total. The van der Waals surface area contributed by atoms with Crippen LogP contribution in [0, 0.1) is 0 Å². The smallest absolute Gasteiger partial charge is 0.116 e. The van der Waals surface area contributed by atoms with E-state index in [-0.39, 0.29) is 0 Å². The van der Waals surface area contributed by atoms with Crippen molar-refractivity contribution < 1.29 is 0 Å². The van der Waals surface area contributed by atoms with Crippen LogP contribution in [0.3, 0.4) is 0 Å². The Labute approximate surface area is 178 Å². The minimum atomic E-state index is 0.920. The Morgan fingerprint density at radius 2 is 1.10 bits per heavy atom. The van der Waals surface area contributed by atoms with Gasteiger partial charge in [-0.05, 0) is 52.6 Å². The van der Waals surface area contributed by atoms with Gasteiger partial charge in [-0.15, -0.1) is 0 Å². The molecule has 1 heterocycles. The Morgan fingerprint density at radius 1 is 0.600 bits per heavy atom. The fraction of sp³-hybridized carbons (Fsp3) is 0.154. The lowest BCUT2D eigenvalue weighted by Crippen LogP contribution is -2.08. The van der Waals surface area contributed by atoms with Gasteiger partial charge < -0.3 is 9.80 Å². The van der Waals surface area contributed by atoms with Crippen LogP contribution in [0.25, 0.3) is 33.5 Å². The average Bonchev–Trinajstić information content (AvgIpc) is 2.79. The molecule has 0 atom stereocenters. The van der Waals surface area contributed by atoms with Crippen LogP contribution in [-0.4, -0.2) is 38.2 Å². The summed E-state index contributed by atoms with van der Waals surface area (Å²) in [6.45, 7) is 0. The number of nitrogens with zero attached hydrogens (tertiary/aromatic N) is 4. The normalized spacial score (nSPS) is 10.7. The second-order valence-corrected chi connectivity index (χ2v) is 7.71. The Bertz CT molecular complexity index is 1050. The second-order valence-electron chi connectivity index (χ2n) is 7.71. The number of hydrogen-bond acceptors (Lipinski definition) is 4. The molecule has 0 saturated carbocycles. The van der Waals surface area contributed by atoms with Crippen LogP contribution in [0.15, 0.2) is 85.3 Å². The van der Waals surface area contributed by atoms with Crippen LogP contribution in [0.4, 0.5) is 11.4 Å². The molecule has 150 valence electrons. The molecule has 3 aromatic carbocycles. The third-order valence-corrected chi connectivity index (χ3v) is 5.29. The minimum Gasteiger partial charge on any atom is -0.378 e. The Balaban J connectivity index is 1.90. The topological polar surface area (TPSA) is 32.3 Å². The lowest BCUT2D eigenvalue weighted by molar-refractivity contribution is 1.13. The molecular formula is C26H26N4. The summed E-state index contributed by atoms with van der Waals surface area (Å²) in [7, 11) is 8.22. The summed E-state index contributed by atoms with van der Waals surface area (Å²) in [5.74, 6) is 0. The van der Waals surface area contributed by atoms with E-state index in [9.17, 15) is 0 Å². The molecule has 0 amide bonds. The van der Waals surface area contributed by atoms with E-state index >= 15 is 0 Å². The first kappa shape index (κ1) is 19.6. The van der Waals surface area contributed by atoms with E-state index < -0.39 is 0 Å². The Kier molecular flexibility index (Phi) is 5.48. The second kappa shape index (κ2) is 8.37. The highest BCUT2D eigenvalue weighted by Crippen LogP contribution is 2.39. The molecular weight excluding hydrogens is 368 g/mol. The summed E-state index contributed by atoms with van der Waals surface area (Å²) in [5, 5.41) is 0. The molecule has 0 aliphatic rings. The predicted octanol–water partition coefficient (Wildman–Crippen LogP) is 5.61. The fourth-order valence-corrected chi connectivity index (χ4v) is 3.63. The summed E-state index contributed by atoms with van der Waals surface area (Å²) in [6, 6.07) is 25.7. The largest absolute Gasteiger partial charge is 0.378 e. The predicted molar refractivity (Wildman–Crippen MR) is 127 cm³/mol. The van der Waals surface area contributed by atoms with Gasteiger partial charge in [-0.2, -0.15) is 0 Å². The van der Waals surface area contributed by atoms with E-state index in [1.165, 1.54) is 22.5 Å². The van der Waals surface area contributed by atoms with Crippen LogP contribution < -0.4 is 9.80 Å². The zero-order valence-electron chi connectivity index (χ0n) is 17.9. The van der Waals surface area contributed by atoms with Gasteiger partial charge in [0.2, 0.25) is 0 Å². The van der Waals surface area contributed by atoms with E-state index in [1.54, 1.807) is 12.5 Å². The van der Waals surface area contributed by atoms with Gasteiger partial charge in [0.25, 0.3) is 0 Å². The number of rotatable bonds is 5. The zero-order valence-corrected chi connectivity index (χ0v) is 17.9. The summed E-state index contributed by atoms with van der Waals surface area (Å²) >= 11 is 0. The first-order valence-corrected chi connectivity index (χ1v) is 9.99. The van der Waals surface area contributed by atoms with E-state index in [4.69, 9.17) is 0 Å². The molecule has 0 fully saturated rings. The van der Waals surface area contributed by atoms with E-state index in [1.807, 2.05) is 6.07 Å². The third-order valence-electron chi connectivity index (χ3n) is 5.29. The van der Waals surface area contributed by atoms with Crippen LogP contribution >= 0.6 is 0 Å². The highest BCUT2D eigenvalue weighted by molar-refractivity contribution is 5.93. The van der Waals surface area contributed by atoms with Crippen molar-refractivity contribution in [3.8, 4) is 33.5 Å². The third kappa shape index (κ3) is 3.90. The van der Waals surface area contributed by atoms with Crippen LogP contribution in [0.2, 0.25) is 0 Å². The highest BCUT2D eigenvalue weighted by Gasteiger charge is 2.15. The molecule has 4 rings (SSSR count). The molecule has 0 aliphatic heterocycles. The van der Waals surface area contributed by atoms with Crippen molar-refractivity contribution in [2.24, 2.45) is 0 Å². The van der Waals surface area contributed by atoms with E-state index in [2.05, 4.69) is 115 Å². The summed E-state index contributed by atoms with van der Waals surface area (Å²) in [6.07, 6.45) is 3.41. The quantitative estimate of drug-likeness (QED) is 0.440. The van der Waals surface area contributed by atoms with Crippen LogP contribution in [0.1, 0.15) is 0 Å². The molecule has 0 saturated heterocycles. The van der Waals surface area contributed by atoms with Gasteiger partial charge in [-0.25, -0.2) is 9.97 Å². The first-order valence-electron chi connectivity index (χ1n) is 9.99. The zero-order chi connectivity index (χ0) is 21.1. The number of hydrogen-bond donors (Lipinski definition) is 0. The molecule has 0 spiro atoms. The van der Waals surface area contributed by atoms with E-state index in [0.29, 0.717) is 0 Å². The maximum Gasteiger partial charge on any atom is 0.116 e. The maximum absolute atomic E-state index is 4.59. The first-order chi connectivity index (χ1) is 14.5. The van der Waals surface area contributed by atoms with Gasteiger partial charge in [-0.3, -0.25) is 0 Å². The van der Waals surface area contributed by atoms with Crippen molar-refractivity contribution in [2.75, 3.05) is 38.0 Å². The van der Waals surface area contributed by atoms with Crippen molar-refractivity contribution in [1.29, 1.82) is 0 Å². The van der Waals surface area contributed by atoms with Gasteiger partial charge in [0.1, 0.15) is 6.33 Å². The lowest BCUT2D eigenvalue weighted by atomic mass is 9.89. The molecule has 0 bridgehead atoms. The summed E-state index contributed by atoms with van der Waals surface area (Å²) in [5.41, 5.74) is 9.05. The van der Waals surface area contributed by atoms with E-state index in [0.717, 1.165) is 22.4 Å². The summed E-state index contributed by atoms with van der Waals surface area (Å²) < 4.78 is 0. The van der Waals surface area contributed by atoms with Crippen LogP contribution in [-0.2, 0) is 0 Å². The van der Waals surface area contributed by atoms with Crippen molar-refractivity contribution in [3.63, 3.8) is 0 Å². The standard InChI is InChI=1S/C26H26N4/c1-29(2)21-12-8-19(9-13-21)23-6-5-7-24(26(23)25-16-17-27-18-28-25)20-10-14-22(15-11-20)30(3)4/h5-18H,1-4H3. The van der Waals surface area contributed by atoms with Crippen molar-refractivity contribution in [1.82, 2.24) is 9.97 Å². The average molecular weight is 395 g/mol. The van der Waals surface area contributed by atoms with Gasteiger partial charge in [0.15, 0.2) is 0 Å². The van der Waals surface area contributed by atoms with Gasteiger partial charge in [0, 0.05) is 51.3 Å². The number of benzene rings is 3. The molecule has 4 heteroatoms. The Morgan fingerprint density at radius 3 is 1.50 bits per heavy atom. The maximum atomic E-state index is 4.59. The SMILES string of the molecule is CN(C)c1ccc(-c2cccc(-c3ccc(N(C)C)cc3)c2-c2ccncn2)cc1. The van der Waals surface area contributed by atoms with Gasteiger partial charge in [0.05, 0.1) is 5.69 Å². The van der Waals surface area contributed by atoms with Gasteiger partial charge >= 0.3 is 0 Å². The van der Waals surface area contributed by atoms with Gasteiger partial charge in [-0.1, -0.05) is 42.5 Å². The monoisotopic (exact) mass is 394 g/mol. The van der Waals surface area contributed by atoms with Crippen molar-refractivity contribution in [2.45, 2.75) is 0 Å². The Hall–Kier alpha value is -3.66. The van der Waals surface area contributed by atoms with Crippen molar-refractivity contribution in [3.05, 3.63) is 85.3 Å². The molecule has 4 aromatic rings. The number of anilines is 2. The molecule has 30 heavy (non-hydrogen) atoms. The molecule has 1 aromatic heterocycles. The molecule has 4 nitrogen and oxygen atoms in total. The lowest BCUT2D eigenvalue weighted by Gasteiger charge is -2.18. The molecule has 0 radical (unpaired) electrons. The number of aromatic nitrogens is 2. The summed E-state index contributed by atoms with van der Waals surface area (Å²) in [4.78, 5) is 12.9. The van der Waals surface area contributed by atoms with Crippen LogP contribution in [0.5, 0.6) is 0 Å². The molecule has 0 unspecified atom stereocenters. The fourth-order valence-electron chi connectivity index (χ4n) is 3.63. The minimum absolute atomic E-state index is 0.920. The molecule has 0 aliphatic carbocycles. The van der Waals surface area contributed by atoms with Crippen molar-refractivity contribution >= 4 is 11.4 Å².